The molecule has 0 spiro atoms. The zero-order valence-corrected chi connectivity index (χ0v) is 33.2. The van der Waals surface area contributed by atoms with Gasteiger partial charge in [0.1, 0.15) is 0 Å². The molecule has 0 saturated carbocycles. The predicted molar refractivity (Wildman–Crippen MR) is 243 cm³/mol. The monoisotopic (exact) mass is 773 g/mol. The van der Waals surface area contributed by atoms with Crippen LogP contribution in [0.15, 0.2) is 200 Å². The van der Waals surface area contributed by atoms with E-state index in [1.54, 1.807) is 0 Å². The van der Waals surface area contributed by atoms with Gasteiger partial charge < -0.3 is 14.5 Å². The number of hydrogen-bond acceptors (Lipinski definition) is 6. The number of hydrogen-bond donors (Lipinski definition) is 0. The van der Waals surface area contributed by atoms with Gasteiger partial charge in [-0.15, -0.1) is 0 Å². The minimum atomic E-state index is -0.212. The first kappa shape index (κ1) is 35.3. The number of fused-ring (bicyclic) bond motifs is 4. The average Bonchev–Trinajstić information content (AvgIpc) is 3.31. The van der Waals surface area contributed by atoms with Crippen molar-refractivity contribution in [2.75, 3.05) is 9.80 Å². The summed E-state index contributed by atoms with van der Waals surface area (Å²) in [5.74, 6) is 3.34. The molecule has 8 aromatic carbocycles. The van der Waals surface area contributed by atoms with Crippen molar-refractivity contribution < 1.29 is 4.74 Å². The highest BCUT2D eigenvalue weighted by molar-refractivity contribution is 5.93. The maximum absolute atomic E-state index is 6.49. The van der Waals surface area contributed by atoms with E-state index >= 15 is 0 Å². The summed E-state index contributed by atoms with van der Waals surface area (Å²) in [7, 11) is 0. The van der Waals surface area contributed by atoms with Gasteiger partial charge in [0.05, 0.1) is 22.7 Å². The zero-order chi connectivity index (χ0) is 40.2. The predicted octanol–water partition coefficient (Wildman–Crippen LogP) is 14.2. The molecule has 1 aromatic heterocycles. The van der Waals surface area contributed by atoms with Crippen molar-refractivity contribution in [2.45, 2.75) is 19.3 Å². The molecule has 3 heterocycles. The Bertz CT molecular complexity index is 2960. The lowest BCUT2D eigenvalue weighted by atomic mass is 9.73. The molecular formula is C54H39N5O. The maximum Gasteiger partial charge on any atom is 0.164 e. The summed E-state index contributed by atoms with van der Waals surface area (Å²) in [6.07, 6.45) is 0. The number of anilines is 6. The van der Waals surface area contributed by atoms with E-state index in [0.717, 1.165) is 73.4 Å². The third-order valence-corrected chi connectivity index (χ3v) is 11.7. The molecule has 9 aromatic rings. The molecular weight excluding hydrogens is 735 g/mol. The minimum Gasteiger partial charge on any atom is -0.453 e. The lowest BCUT2D eigenvalue weighted by Crippen LogP contribution is -2.30. The minimum absolute atomic E-state index is 0.212. The fourth-order valence-electron chi connectivity index (χ4n) is 8.71. The van der Waals surface area contributed by atoms with E-state index in [9.17, 15) is 0 Å². The normalized spacial score (nSPS) is 13.4. The molecule has 0 unspecified atom stereocenters. The molecule has 0 aliphatic carbocycles. The van der Waals surface area contributed by atoms with E-state index in [4.69, 9.17) is 19.7 Å². The second-order valence-corrected chi connectivity index (χ2v) is 15.7. The van der Waals surface area contributed by atoms with Crippen LogP contribution in [0.1, 0.15) is 25.0 Å². The molecule has 0 fully saturated rings. The quantitative estimate of drug-likeness (QED) is 0.168. The molecule has 0 radical (unpaired) electrons. The molecule has 0 bridgehead atoms. The first-order chi connectivity index (χ1) is 29.5. The second kappa shape index (κ2) is 14.2. The van der Waals surface area contributed by atoms with Gasteiger partial charge in [0.15, 0.2) is 29.0 Å². The summed E-state index contributed by atoms with van der Waals surface area (Å²) >= 11 is 0. The summed E-state index contributed by atoms with van der Waals surface area (Å²) in [5, 5.41) is 0. The number of nitrogens with zero attached hydrogens (tertiary/aromatic N) is 5. The van der Waals surface area contributed by atoms with Gasteiger partial charge in [-0.3, -0.25) is 0 Å². The van der Waals surface area contributed by atoms with Crippen molar-refractivity contribution in [1.82, 2.24) is 15.0 Å². The Hall–Kier alpha value is -7.83. The Kier molecular flexibility index (Phi) is 8.38. The standard InChI is InChI=1S/C54H39N5O/c1-54(2)43-21-9-11-23-45(43)58(46-24-12-10-22-44(46)54)41-33-40(34-42(35-41)59-47-25-13-15-27-49(47)60-50-28-16-14-26-48(50)59)53-56-51(38-19-7-4-8-20-38)55-52(57-53)39-31-29-37(30-32-39)36-17-5-3-6-18-36/h3-35H,1-2H3. The largest absolute Gasteiger partial charge is 0.453 e. The van der Waals surface area contributed by atoms with Crippen molar-refractivity contribution in [3.8, 4) is 56.8 Å². The molecule has 2 aliphatic heterocycles. The Morgan fingerprint density at radius 2 is 0.717 bits per heavy atom. The van der Waals surface area contributed by atoms with Gasteiger partial charge in [0, 0.05) is 33.5 Å². The Labute approximate surface area is 349 Å². The van der Waals surface area contributed by atoms with Gasteiger partial charge in [0.25, 0.3) is 0 Å². The molecule has 6 heteroatoms. The van der Waals surface area contributed by atoms with Crippen molar-refractivity contribution in [1.29, 1.82) is 0 Å². The smallest absolute Gasteiger partial charge is 0.164 e. The number of aromatic nitrogens is 3. The van der Waals surface area contributed by atoms with E-state index in [1.807, 2.05) is 60.7 Å². The summed E-state index contributed by atoms with van der Waals surface area (Å²) in [6, 6.07) is 69.6. The van der Waals surface area contributed by atoms with E-state index in [-0.39, 0.29) is 5.41 Å². The lowest BCUT2D eigenvalue weighted by Gasteiger charge is -2.42. The molecule has 0 atom stereocenters. The third-order valence-electron chi connectivity index (χ3n) is 11.7. The van der Waals surface area contributed by atoms with Crippen LogP contribution in [0.3, 0.4) is 0 Å². The number of rotatable bonds is 6. The third kappa shape index (κ3) is 6.00. The van der Waals surface area contributed by atoms with Crippen molar-refractivity contribution in [3.63, 3.8) is 0 Å². The molecule has 2 aliphatic rings. The fourth-order valence-corrected chi connectivity index (χ4v) is 8.71. The second-order valence-electron chi connectivity index (χ2n) is 15.7. The summed E-state index contributed by atoms with van der Waals surface area (Å²) in [4.78, 5) is 20.3. The maximum atomic E-state index is 6.49. The fraction of sp³-hybridized carbons (Fsp3) is 0.0556. The van der Waals surface area contributed by atoms with Crippen molar-refractivity contribution >= 4 is 34.1 Å². The average molecular weight is 774 g/mol. The summed E-state index contributed by atoms with van der Waals surface area (Å²) in [6.45, 7) is 4.63. The first-order valence-electron chi connectivity index (χ1n) is 20.3. The highest BCUT2D eigenvalue weighted by Crippen LogP contribution is 2.55. The van der Waals surface area contributed by atoms with Crippen LogP contribution >= 0.6 is 0 Å². The van der Waals surface area contributed by atoms with Crippen LogP contribution in [-0.4, -0.2) is 15.0 Å². The van der Waals surface area contributed by atoms with E-state index in [2.05, 4.69) is 163 Å². The summed E-state index contributed by atoms with van der Waals surface area (Å²) < 4.78 is 6.49. The van der Waals surface area contributed by atoms with E-state index < -0.39 is 0 Å². The molecule has 0 amide bonds. The van der Waals surface area contributed by atoms with Crippen LogP contribution in [0, 0.1) is 0 Å². The molecule has 60 heavy (non-hydrogen) atoms. The van der Waals surface area contributed by atoms with Gasteiger partial charge in [-0.2, -0.15) is 0 Å². The Morgan fingerprint density at radius 3 is 1.25 bits per heavy atom. The van der Waals surface area contributed by atoms with Gasteiger partial charge in [-0.25, -0.2) is 15.0 Å². The van der Waals surface area contributed by atoms with Crippen LogP contribution in [0.4, 0.5) is 34.1 Å². The number of benzene rings is 8. The van der Waals surface area contributed by atoms with Crippen LogP contribution in [0.25, 0.3) is 45.3 Å². The van der Waals surface area contributed by atoms with Crippen LogP contribution in [0.5, 0.6) is 11.5 Å². The molecule has 11 rings (SSSR count). The van der Waals surface area contributed by atoms with Crippen LogP contribution in [-0.2, 0) is 5.41 Å². The zero-order valence-electron chi connectivity index (χ0n) is 33.2. The molecule has 0 saturated heterocycles. The lowest BCUT2D eigenvalue weighted by molar-refractivity contribution is 0.477. The van der Waals surface area contributed by atoms with E-state index in [0.29, 0.717) is 17.5 Å². The Balaban J connectivity index is 1.16. The first-order valence-corrected chi connectivity index (χ1v) is 20.3. The van der Waals surface area contributed by atoms with Crippen molar-refractivity contribution in [3.05, 3.63) is 211 Å². The summed E-state index contributed by atoms with van der Waals surface area (Å²) in [5.41, 5.74) is 13.3. The molecule has 6 nitrogen and oxygen atoms in total. The van der Waals surface area contributed by atoms with Gasteiger partial charge >= 0.3 is 0 Å². The SMILES string of the molecule is CC1(C)c2ccccc2N(c2cc(-c3nc(-c4ccccc4)nc(-c4ccc(-c5ccccc5)cc4)n3)cc(N3c4ccccc4Oc4ccccc43)c2)c2ccccc21. The topological polar surface area (TPSA) is 54.4 Å². The molecule has 286 valence electrons. The van der Waals surface area contributed by atoms with Crippen LogP contribution < -0.4 is 14.5 Å². The van der Waals surface area contributed by atoms with E-state index in [1.165, 1.54) is 11.1 Å². The Morgan fingerprint density at radius 1 is 0.350 bits per heavy atom. The van der Waals surface area contributed by atoms with Gasteiger partial charge in [-0.05, 0) is 76.9 Å². The van der Waals surface area contributed by atoms with Gasteiger partial charge in [0.2, 0.25) is 0 Å². The van der Waals surface area contributed by atoms with Crippen LogP contribution in [0.2, 0.25) is 0 Å². The highest BCUT2D eigenvalue weighted by Gasteiger charge is 2.37. The van der Waals surface area contributed by atoms with Gasteiger partial charge in [-0.1, -0.05) is 159 Å². The molecule has 0 N–H and O–H groups in total. The van der Waals surface area contributed by atoms with Crippen molar-refractivity contribution in [2.24, 2.45) is 0 Å². The highest BCUT2D eigenvalue weighted by atomic mass is 16.5. The number of ether oxygens (including phenoxy) is 1. The number of para-hydroxylation sites is 6.